The van der Waals surface area contributed by atoms with Gasteiger partial charge in [-0.2, -0.15) is 0 Å². The molecule has 1 atom stereocenters. The molecule has 166 valence electrons. The Labute approximate surface area is 187 Å². The van der Waals surface area contributed by atoms with Gasteiger partial charge in [0.15, 0.2) is 0 Å². The van der Waals surface area contributed by atoms with E-state index in [1.807, 2.05) is 72.8 Å². The van der Waals surface area contributed by atoms with Crippen LogP contribution in [0.2, 0.25) is 0 Å². The van der Waals surface area contributed by atoms with Gasteiger partial charge in [-0.05, 0) is 22.8 Å². The highest BCUT2D eigenvalue weighted by Gasteiger charge is 2.16. The number of carbonyl (C=O) groups excluding carboxylic acids is 2. The van der Waals surface area contributed by atoms with Crippen LogP contribution in [0.5, 0.6) is 0 Å². The number of benzene rings is 2. The molecule has 1 heterocycles. The number of hydrogen-bond acceptors (Lipinski definition) is 5. The van der Waals surface area contributed by atoms with Crippen molar-refractivity contribution in [1.82, 2.24) is 10.3 Å². The average Bonchev–Trinajstić information content (AvgIpc) is 2.82. The summed E-state index contributed by atoms with van der Waals surface area (Å²) in [5.74, 6) is -0.439. The summed E-state index contributed by atoms with van der Waals surface area (Å²) in [7, 11) is 0. The van der Waals surface area contributed by atoms with Gasteiger partial charge in [-0.25, -0.2) is 4.79 Å². The first kappa shape index (κ1) is 23.0. The highest BCUT2D eigenvalue weighted by Crippen LogP contribution is 2.22. The number of hydrogen-bond donors (Lipinski definition) is 2. The van der Waals surface area contributed by atoms with Gasteiger partial charge in [0.05, 0.1) is 19.1 Å². The van der Waals surface area contributed by atoms with Gasteiger partial charge in [0.25, 0.3) is 0 Å². The fourth-order valence-electron chi connectivity index (χ4n) is 3.07. The van der Waals surface area contributed by atoms with Gasteiger partial charge >= 0.3 is 6.09 Å². The van der Waals surface area contributed by atoms with Crippen molar-refractivity contribution in [3.63, 3.8) is 0 Å². The van der Waals surface area contributed by atoms with Crippen LogP contribution < -0.4 is 11.1 Å². The van der Waals surface area contributed by atoms with Crippen LogP contribution in [-0.4, -0.2) is 23.5 Å². The predicted octanol–water partition coefficient (Wildman–Crippen LogP) is 3.68. The van der Waals surface area contributed by atoms with Crippen molar-refractivity contribution in [2.45, 2.75) is 32.2 Å². The van der Waals surface area contributed by atoms with Crippen LogP contribution in [0.4, 0.5) is 4.79 Å². The van der Waals surface area contributed by atoms with Gasteiger partial charge in [0, 0.05) is 24.9 Å². The van der Waals surface area contributed by atoms with E-state index in [1.165, 1.54) is 0 Å². The molecule has 7 nitrogen and oxygen atoms in total. The summed E-state index contributed by atoms with van der Waals surface area (Å²) in [4.78, 5) is 27.7. The summed E-state index contributed by atoms with van der Waals surface area (Å²) in [6.45, 7) is 0.995. The Morgan fingerprint density at radius 1 is 0.906 bits per heavy atom. The smallest absolute Gasteiger partial charge is 0.407 e. The van der Waals surface area contributed by atoms with E-state index in [4.69, 9.17) is 15.2 Å². The van der Waals surface area contributed by atoms with Gasteiger partial charge in [0.1, 0.15) is 6.61 Å². The Balaban J connectivity index is 1.46. The molecule has 0 fully saturated rings. The molecule has 0 aliphatic heterocycles. The molecule has 7 heteroatoms. The zero-order valence-electron chi connectivity index (χ0n) is 17.8. The second-order valence-corrected chi connectivity index (χ2v) is 7.28. The van der Waals surface area contributed by atoms with Gasteiger partial charge in [-0.1, -0.05) is 66.7 Å². The molecule has 0 saturated heterocycles. The van der Waals surface area contributed by atoms with Crippen LogP contribution in [0.1, 0.15) is 34.9 Å². The summed E-state index contributed by atoms with van der Waals surface area (Å²) < 4.78 is 11.1. The molecule has 2 aromatic carbocycles. The van der Waals surface area contributed by atoms with Crippen molar-refractivity contribution >= 4 is 12.0 Å². The first-order chi connectivity index (χ1) is 15.6. The number of alkyl carbamates (subject to hydrolysis) is 1. The molecule has 0 aliphatic carbocycles. The summed E-state index contributed by atoms with van der Waals surface area (Å²) in [6.07, 6.45) is 1.36. The molecule has 0 radical (unpaired) electrons. The third-order valence-electron chi connectivity index (χ3n) is 4.76. The van der Waals surface area contributed by atoms with Crippen molar-refractivity contribution in [2.24, 2.45) is 5.73 Å². The van der Waals surface area contributed by atoms with E-state index >= 15 is 0 Å². The van der Waals surface area contributed by atoms with Crippen LogP contribution in [-0.2, 0) is 33.9 Å². The maximum atomic E-state index is 11.8. The average molecular weight is 434 g/mol. The monoisotopic (exact) mass is 433 g/mol. The second-order valence-electron chi connectivity index (χ2n) is 7.28. The zero-order chi connectivity index (χ0) is 22.6. The lowest BCUT2D eigenvalue weighted by Gasteiger charge is -2.17. The van der Waals surface area contributed by atoms with Gasteiger partial charge < -0.3 is 20.5 Å². The number of primary amides is 1. The van der Waals surface area contributed by atoms with E-state index in [2.05, 4.69) is 10.3 Å². The molecule has 1 aromatic heterocycles. The fraction of sp³-hybridized carbons (Fsp3) is 0.240. The lowest BCUT2D eigenvalue weighted by atomic mass is 10.1. The van der Waals surface area contributed by atoms with E-state index in [0.29, 0.717) is 19.6 Å². The summed E-state index contributed by atoms with van der Waals surface area (Å²) in [5, 5.41) is 2.72. The standard InChI is InChI=1S/C25H27N3O4/c26-24(29)15-23(31-17-19-7-3-1-4-8-19)21-11-12-22(28-16-21)13-14-27-25(30)32-18-20-9-5-2-6-10-20/h1-12,16,23H,13-15,17-18H2,(H2,26,29)(H,27,30). The number of nitrogens with two attached hydrogens (primary N) is 1. The molecular formula is C25H27N3O4. The summed E-state index contributed by atoms with van der Waals surface area (Å²) >= 11 is 0. The number of nitrogens with zero attached hydrogens (tertiary/aromatic N) is 1. The van der Waals surface area contributed by atoms with Crippen molar-refractivity contribution in [3.8, 4) is 0 Å². The first-order valence-electron chi connectivity index (χ1n) is 10.4. The number of rotatable bonds is 11. The van der Waals surface area contributed by atoms with Gasteiger partial charge in [0.2, 0.25) is 5.91 Å². The van der Waals surface area contributed by atoms with Crippen LogP contribution in [0.3, 0.4) is 0 Å². The van der Waals surface area contributed by atoms with E-state index in [1.54, 1.807) is 6.20 Å². The van der Waals surface area contributed by atoms with Crippen molar-refractivity contribution in [2.75, 3.05) is 6.54 Å². The number of amides is 2. The molecule has 0 bridgehead atoms. The quantitative estimate of drug-likeness (QED) is 0.480. The van der Waals surface area contributed by atoms with E-state index in [9.17, 15) is 9.59 Å². The molecule has 2 amide bonds. The van der Waals surface area contributed by atoms with Crippen LogP contribution in [0.15, 0.2) is 79.0 Å². The minimum atomic E-state index is -0.472. The number of aromatic nitrogens is 1. The molecule has 0 aliphatic rings. The second kappa shape index (κ2) is 12.2. The lowest BCUT2D eigenvalue weighted by Crippen LogP contribution is -2.26. The van der Waals surface area contributed by atoms with Crippen LogP contribution >= 0.6 is 0 Å². The van der Waals surface area contributed by atoms with E-state index < -0.39 is 18.1 Å². The lowest BCUT2D eigenvalue weighted by molar-refractivity contribution is -0.121. The largest absolute Gasteiger partial charge is 0.445 e. The topological polar surface area (TPSA) is 104 Å². The Hall–Kier alpha value is -3.71. The Morgan fingerprint density at radius 3 is 2.16 bits per heavy atom. The Kier molecular flexibility index (Phi) is 8.77. The number of ether oxygens (including phenoxy) is 2. The number of nitrogens with one attached hydrogen (secondary N) is 1. The normalized spacial score (nSPS) is 11.5. The SMILES string of the molecule is NC(=O)CC(OCc1ccccc1)c1ccc(CCNC(=O)OCc2ccccc2)nc1. The fourth-order valence-corrected chi connectivity index (χ4v) is 3.07. The number of pyridine rings is 1. The minimum absolute atomic E-state index is 0.0721. The Bertz CT molecular complexity index is 979. The summed E-state index contributed by atoms with van der Waals surface area (Å²) in [5.41, 5.74) is 8.92. The molecule has 3 N–H and O–H groups in total. The highest BCUT2D eigenvalue weighted by molar-refractivity contribution is 5.74. The highest BCUT2D eigenvalue weighted by atomic mass is 16.5. The molecule has 3 aromatic rings. The third-order valence-corrected chi connectivity index (χ3v) is 4.76. The van der Waals surface area contributed by atoms with E-state index in [-0.39, 0.29) is 13.0 Å². The molecular weight excluding hydrogens is 406 g/mol. The van der Waals surface area contributed by atoms with Crippen molar-refractivity contribution in [3.05, 3.63) is 101 Å². The van der Waals surface area contributed by atoms with Crippen LogP contribution in [0.25, 0.3) is 0 Å². The zero-order valence-corrected chi connectivity index (χ0v) is 17.8. The third kappa shape index (κ3) is 7.85. The Morgan fingerprint density at radius 2 is 1.56 bits per heavy atom. The molecule has 32 heavy (non-hydrogen) atoms. The predicted molar refractivity (Wildman–Crippen MR) is 120 cm³/mol. The molecule has 0 saturated carbocycles. The van der Waals surface area contributed by atoms with Crippen molar-refractivity contribution < 1.29 is 19.1 Å². The van der Waals surface area contributed by atoms with Gasteiger partial charge in [-0.3, -0.25) is 9.78 Å². The molecule has 1 unspecified atom stereocenters. The first-order valence-corrected chi connectivity index (χ1v) is 10.4. The molecule has 3 rings (SSSR count). The summed E-state index contributed by atoms with van der Waals surface area (Å²) in [6, 6.07) is 22.9. The van der Waals surface area contributed by atoms with Crippen LogP contribution in [0, 0.1) is 0 Å². The molecule has 0 spiro atoms. The number of carbonyl (C=O) groups is 2. The minimum Gasteiger partial charge on any atom is -0.445 e. The maximum Gasteiger partial charge on any atom is 0.407 e. The van der Waals surface area contributed by atoms with Gasteiger partial charge in [-0.15, -0.1) is 0 Å². The van der Waals surface area contributed by atoms with Crippen molar-refractivity contribution in [1.29, 1.82) is 0 Å². The van der Waals surface area contributed by atoms with E-state index in [0.717, 1.165) is 22.4 Å². The maximum absolute atomic E-state index is 11.8.